The Kier molecular flexibility index (Phi) is 6.06. The predicted molar refractivity (Wildman–Crippen MR) is 71.3 cm³/mol. The lowest BCUT2D eigenvalue weighted by atomic mass is 10.2. The number of rotatable bonds is 6. The summed E-state index contributed by atoms with van der Waals surface area (Å²) >= 11 is 5.81. The maximum atomic E-state index is 11.7. The lowest BCUT2D eigenvalue weighted by molar-refractivity contribution is 0.0335. The van der Waals surface area contributed by atoms with Gasteiger partial charge in [0.2, 0.25) is 0 Å². The molecular weight excluding hydrogens is 315 g/mol. The molecule has 5 nitrogen and oxygen atoms in total. The molecule has 19 heavy (non-hydrogen) atoms. The van der Waals surface area contributed by atoms with Crippen molar-refractivity contribution >= 4 is 37.3 Å². The minimum atomic E-state index is -3.92. The second kappa shape index (κ2) is 7.09. The van der Waals surface area contributed by atoms with Crippen LogP contribution in [0.25, 0.3) is 0 Å². The zero-order chi connectivity index (χ0) is 14.5. The highest BCUT2D eigenvalue weighted by Gasteiger charge is 2.17. The second-order valence-electron chi connectivity index (χ2n) is 3.41. The summed E-state index contributed by atoms with van der Waals surface area (Å²) < 4.78 is 32.2. The first-order valence-corrected chi connectivity index (χ1v) is 8.04. The number of esters is 1. The molecule has 0 saturated carbocycles. The molecular formula is C11H12Cl2O5S. The first-order chi connectivity index (χ1) is 8.86. The van der Waals surface area contributed by atoms with Gasteiger partial charge in [0.05, 0.1) is 22.1 Å². The molecule has 0 aliphatic rings. The molecule has 0 N–H and O–H groups in total. The van der Waals surface area contributed by atoms with Gasteiger partial charge in [0.25, 0.3) is 9.05 Å². The van der Waals surface area contributed by atoms with E-state index < -0.39 is 15.0 Å². The maximum Gasteiger partial charge on any atom is 0.339 e. The molecule has 106 valence electrons. The second-order valence-corrected chi connectivity index (χ2v) is 6.39. The SMILES string of the molecule is CCOCCOC(=O)c1cc(S(=O)(=O)Cl)ccc1Cl. The number of hydrogen-bond donors (Lipinski definition) is 0. The lowest BCUT2D eigenvalue weighted by Crippen LogP contribution is -2.11. The van der Waals surface area contributed by atoms with Crippen molar-refractivity contribution in [2.75, 3.05) is 19.8 Å². The Balaban J connectivity index is 2.84. The number of benzene rings is 1. The summed E-state index contributed by atoms with van der Waals surface area (Å²) in [7, 11) is 1.27. The zero-order valence-electron chi connectivity index (χ0n) is 10.1. The normalized spacial score (nSPS) is 11.3. The van der Waals surface area contributed by atoms with E-state index in [1.807, 2.05) is 6.92 Å². The van der Waals surface area contributed by atoms with E-state index in [1.54, 1.807) is 0 Å². The summed E-state index contributed by atoms with van der Waals surface area (Å²) in [6.45, 7) is 2.64. The first-order valence-electron chi connectivity index (χ1n) is 5.35. The van der Waals surface area contributed by atoms with Crippen molar-refractivity contribution < 1.29 is 22.7 Å². The molecule has 0 unspecified atom stereocenters. The van der Waals surface area contributed by atoms with E-state index in [0.29, 0.717) is 6.61 Å². The molecule has 0 aromatic heterocycles. The molecule has 0 bridgehead atoms. The highest BCUT2D eigenvalue weighted by molar-refractivity contribution is 8.13. The summed E-state index contributed by atoms with van der Waals surface area (Å²) in [5.74, 6) is -0.730. The number of hydrogen-bond acceptors (Lipinski definition) is 5. The molecule has 0 aliphatic heterocycles. The largest absolute Gasteiger partial charge is 0.460 e. The third-order valence-electron chi connectivity index (χ3n) is 2.10. The number of halogens is 2. The third kappa shape index (κ3) is 4.99. The fourth-order valence-corrected chi connectivity index (χ4v) is 2.20. The molecule has 0 aliphatic carbocycles. The topological polar surface area (TPSA) is 69.7 Å². The highest BCUT2D eigenvalue weighted by Crippen LogP contribution is 2.23. The Labute approximate surface area is 120 Å². The van der Waals surface area contributed by atoms with Crippen LogP contribution in [0.1, 0.15) is 17.3 Å². The Bertz CT molecular complexity index is 556. The van der Waals surface area contributed by atoms with Crippen LogP contribution < -0.4 is 0 Å². The van der Waals surface area contributed by atoms with Gasteiger partial charge in [-0.3, -0.25) is 0 Å². The summed E-state index contributed by atoms with van der Waals surface area (Å²) in [5.41, 5.74) is -0.0557. The molecule has 1 rings (SSSR count). The molecule has 0 spiro atoms. The summed E-state index contributed by atoms with van der Waals surface area (Å²) in [6.07, 6.45) is 0. The van der Waals surface area contributed by atoms with Gasteiger partial charge < -0.3 is 9.47 Å². The smallest absolute Gasteiger partial charge is 0.339 e. The van der Waals surface area contributed by atoms with Crippen LogP contribution in [0.3, 0.4) is 0 Å². The minimum absolute atomic E-state index is 0.0557. The van der Waals surface area contributed by atoms with Gasteiger partial charge in [-0.1, -0.05) is 11.6 Å². The van der Waals surface area contributed by atoms with E-state index in [4.69, 9.17) is 31.8 Å². The van der Waals surface area contributed by atoms with Crippen molar-refractivity contribution in [1.82, 2.24) is 0 Å². The van der Waals surface area contributed by atoms with Gasteiger partial charge in [0.15, 0.2) is 0 Å². The molecule has 0 atom stereocenters. The van der Waals surface area contributed by atoms with Gasteiger partial charge in [-0.05, 0) is 25.1 Å². The molecule has 0 amide bonds. The van der Waals surface area contributed by atoms with E-state index in [2.05, 4.69) is 0 Å². The fourth-order valence-electron chi connectivity index (χ4n) is 1.23. The fraction of sp³-hybridized carbons (Fsp3) is 0.364. The van der Waals surface area contributed by atoms with E-state index in [-0.39, 0.29) is 28.7 Å². The van der Waals surface area contributed by atoms with Gasteiger partial charge in [-0.15, -0.1) is 0 Å². The first kappa shape index (κ1) is 16.2. The number of carbonyl (C=O) groups is 1. The Morgan fingerprint density at radius 1 is 1.32 bits per heavy atom. The van der Waals surface area contributed by atoms with Gasteiger partial charge in [-0.25, -0.2) is 13.2 Å². The average molecular weight is 327 g/mol. The summed E-state index contributed by atoms with van der Waals surface area (Å²) in [4.78, 5) is 11.5. The molecule has 1 aromatic rings. The Morgan fingerprint density at radius 2 is 2.00 bits per heavy atom. The molecule has 0 saturated heterocycles. The third-order valence-corrected chi connectivity index (χ3v) is 3.79. The van der Waals surface area contributed by atoms with Gasteiger partial charge in [0.1, 0.15) is 6.61 Å². The number of ether oxygens (including phenoxy) is 2. The molecule has 1 aromatic carbocycles. The van der Waals surface area contributed by atoms with Crippen LogP contribution >= 0.6 is 22.3 Å². The van der Waals surface area contributed by atoms with Crippen molar-refractivity contribution in [3.63, 3.8) is 0 Å². The quantitative estimate of drug-likeness (QED) is 0.456. The van der Waals surface area contributed by atoms with Crippen molar-refractivity contribution in [1.29, 1.82) is 0 Å². The monoisotopic (exact) mass is 326 g/mol. The van der Waals surface area contributed by atoms with E-state index in [0.717, 1.165) is 6.07 Å². The Morgan fingerprint density at radius 3 is 2.58 bits per heavy atom. The standard InChI is InChI=1S/C11H12Cl2O5S/c1-2-17-5-6-18-11(14)9-7-8(19(13,15)16)3-4-10(9)12/h3-4,7H,2,5-6H2,1H3. The highest BCUT2D eigenvalue weighted by atomic mass is 35.7. The van der Waals surface area contributed by atoms with Crippen LogP contribution in [0, 0.1) is 0 Å². The van der Waals surface area contributed by atoms with Gasteiger partial charge in [-0.2, -0.15) is 0 Å². The maximum absolute atomic E-state index is 11.7. The minimum Gasteiger partial charge on any atom is -0.460 e. The lowest BCUT2D eigenvalue weighted by Gasteiger charge is -2.07. The zero-order valence-corrected chi connectivity index (χ0v) is 12.4. The van der Waals surface area contributed by atoms with Crippen molar-refractivity contribution in [2.24, 2.45) is 0 Å². The van der Waals surface area contributed by atoms with Gasteiger partial charge >= 0.3 is 5.97 Å². The molecule has 0 radical (unpaired) electrons. The van der Waals surface area contributed by atoms with Crippen LogP contribution in [-0.2, 0) is 18.5 Å². The van der Waals surface area contributed by atoms with Crippen molar-refractivity contribution in [2.45, 2.75) is 11.8 Å². The summed E-state index contributed by atoms with van der Waals surface area (Å²) in [6, 6.07) is 3.56. The predicted octanol–water partition coefficient (Wildman–Crippen LogP) is 2.46. The molecule has 8 heteroatoms. The van der Waals surface area contributed by atoms with Crippen LogP contribution in [-0.4, -0.2) is 34.2 Å². The average Bonchev–Trinajstić information content (AvgIpc) is 2.33. The molecule has 0 heterocycles. The van der Waals surface area contributed by atoms with Crippen LogP contribution in [0.2, 0.25) is 5.02 Å². The number of carbonyl (C=O) groups excluding carboxylic acids is 1. The Hall–Kier alpha value is -0.820. The van der Waals surface area contributed by atoms with Crippen molar-refractivity contribution in [3.05, 3.63) is 28.8 Å². The van der Waals surface area contributed by atoms with E-state index >= 15 is 0 Å². The summed E-state index contributed by atoms with van der Waals surface area (Å²) in [5, 5.41) is 0.0884. The van der Waals surface area contributed by atoms with Gasteiger partial charge in [0, 0.05) is 17.3 Å². The van der Waals surface area contributed by atoms with Crippen LogP contribution in [0.4, 0.5) is 0 Å². The van der Waals surface area contributed by atoms with E-state index in [9.17, 15) is 13.2 Å². The van der Waals surface area contributed by atoms with Crippen LogP contribution in [0.15, 0.2) is 23.1 Å². The van der Waals surface area contributed by atoms with E-state index in [1.165, 1.54) is 12.1 Å². The van der Waals surface area contributed by atoms with Crippen molar-refractivity contribution in [3.8, 4) is 0 Å². The van der Waals surface area contributed by atoms with Crippen LogP contribution in [0.5, 0.6) is 0 Å². The molecule has 0 fully saturated rings.